The first-order valence-corrected chi connectivity index (χ1v) is 9.59. The van der Waals surface area contributed by atoms with E-state index in [2.05, 4.69) is 44.1 Å². The summed E-state index contributed by atoms with van der Waals surface area (Å²) in [5.74, 6) is 1.10. The van der Waals surface area contributed by atoms with Crippen molar-refractivity contribution in [1.29, 1.82) is 0 Å². The molecule has 0 spiro atoms. The molecular weight excluding hydrogens is 390 g/mol. The van der Waals surface area contributed by atoms with E-state index in [1.807, 2.05) is 37.3 Å². The minimum atomic E-state index is -0.0722. The predicted octanol–water partition coefficient (Wildman–Crippen LogP) is 4.50. The number of fused-ring (bicyclic) bond motifs is 1. The largest absolute Gasteiger partial charge is 0.348 e. The number of halogens is 1. The highest BCUT2D eigenvalue weighted by molar-refractivity contribution is 9.10. The molecule has 4 nitrogen and oxygen atoms in total. The van der Waals surface area contributed by atoms with Crippen molar-refractivity contribution in [2.75, 3.05) is 0 Å². The molecule has 3 aromatic rings. The van der Waals surface area contributed by atoms with Crippen molar-refractivity contribution < 1.29 is 4.79 Å². The van der Waals surface area contributed by atoms with Crippen LogP contribution in [-0.2, 0) is 19.5 Å². The molecule has 2 aromatic carbocycles. The van der Waals surface area contributed by atoms with Crippen molar-refractivity contribution in [1.82, 2.24) is 14.9 Å². The standard InChI is InChI=1S/C21H20BrN3O/c1-14-7-8-17(11-18(14)22)21(26)23-12-15-4-2-5-16(10-15)19-13-25-9-3-6-20(25)24-19/h2,4-5,7-8,10-11,13H,3,6,9,12H2,1H3,(H,23,26). The van der Waals surface area contributed by atoms with E-state index in [1.165, 1.54) is 12.2 Å². The second-order valence-electron chi connectivity index (χ2n) is 6.69. The molecule has 0 bridgehead atoms. The lowest BCUT2D eigenvalue weighted by Gasteiger charge is -2.08. The molecule has 0 atom stereocenters. The fourth-order valence-corrected chi connectivity index (χ4v) is 3.63. The Morgan fingerprint density at radius 1 is 1.27 bits per heavy atom. The predicted molar refractivity (Wildman–Crippen MR) is 106 cm³/mol. The van der Waals surface area contributed by atoms with Gasteiger partial charge in [0, 0.05) is 41.3 Å². The second-order valence-corrected chi connectivity index (χ2v) is 7.54. The summed E-state index contributed by atoms with van der Waals surface area (Å²) in [4.78, 5) is 17.1. The van der Waals surface area contributed by atoms with Crippen LogP contribution in [0.5, 0.6) is 0 Å². The van der Waals surface area contributed by atoms with Gasteiger partial charge in [-0.2, -0.15) is 0 Å². The van der Waals surface area contributed by atoms with Gasteiger partial charge in [-0.05, 0) is 42.7 Å². The minimum Gasteiger partial charge on any atom is -0.348 e. The highest BCUT2D eigenvalue weighted by Gasteiger charge is 2.14. The van der Waals surface area contributed by atoms with Crippen LogP contribution in [0.1, 0.15) is 33.7 Å². The molecule has 0 saturated heterocycles. The first kappa shape index (κ1) is 17.0. The van der Waals surface area contributed by atoms with E-state index in [-0.39, 0.29) is 5.91 Å². The highest BCUT2D eigenvalue weighted by Crippen LogP contribution is 2.23. The molecule has 0 aliphatic carbocycles. The third-order valence-electron chi connectivity index (χ3n) is 4.77. The van der Waals surface area contributed by atoms with Crippen LogP contribution in [0.2, 0.25) is 0 Å². The zero-order valence-corrected chi connectivity index (χ0v) is 16.2. The van der Waals surface area contributed by atoms with E-state index in [0.29, 0.717) is 12.1 Å². The highest BCUT2D eigenvalue weighted by atomic mass is 79.9. The monoisotopic (exact) mass is 409 g/mol. The van der Waals surface area contributed by atoms with Crippen LogP contribution < -0.4 is 5.32 Å². The summed E-state index contributed by atoms with van der Waals surface area (Å²) in [5.41, 5.74) is 4.94. The van der Waals surface area contributed by atoms with Gasteiger partial charge in [-0.15, -0.1) is 0 Å². The number of hydrogen-bond acceptors (Lipinski definition) is 2. The molecule has 132 valence electrons. The number of carbonyl (C=O) groups excluding carboxylic acids is 1. The fourth-order valence-electron chi connectivity index (χ4n) is 3.25. The van der Waals surface area contributed by atoms with Crippen LogP contribution in [0.15, 0.2) is 53.1 Å². The Morgan fingerprint density at radius 2 is 2.15 bits per heavy atom. The third-order valence-corrected chi connectivity index (χ3v) is 5.62. The Labute approximate surface area is 161 Å². The van der Waals surface area contributed by atoms with E-state index in [0.717, 1.165) is 39.8 Å². The number of aromatic nitrogens is 2. The van der Waals surface area contributed by atoms with Crippen LogP contribution >= 0.6 is 15.9 Å². The number of imidazole rings is 1. The number of benzene rings is 2. The zero-order chi connectivity index (χ0) is 18.1. The summed E-state index contributed by atoms with van der Waals surface area (Å²) < 4.78 is 3.18. The van der Waals surface area contributed by atoms with Crippen molar-refractivity contribution in [3.05, 3.63) is 75.6 Å². The van der Waals surface area contributed by atoms with Crippen LogP contribution in [0.4, 0.5) is 0 Å². The van der Waals surface area contributed by atoms with Gasteiger partial charge in [0.2, 0.25) is 0 Å². The quantitative estimate of drug-likeness (QED) is 0.689. The van der Waals surface area contributed by atoms with Crippen molar-refractivity contribution in [2.24, 2.45) is 0 Å². The van der Waals surface area contributed by atoms with Crippen molar-refractivity contribution in [2.45, 2.75) is 32.9 Å². The molecule has 5 heteroatoms. The topological polar surface area (TPSA) is 46.9 Å². The Kier molecular flexibility index (Phi) is 4.64. The van der Waals surface area contributed by atoms with Crippen molar-refractivity contribution >= 4 is 21.8 Å². The fraction of sp³-hybridized carbons (Fsp3) is 0.238. The van der Waals surface area contributed by atoms with Crippen LogP contribution in [0, 0.1) is 6.92 Å². The molecule has 1 amide bonds. The van der Waals surface area contributed by atoms with E-state index < -0.39 is 0 Å². The van der Waals surface area contributed by atoms with Gasteiger partial charge in [0.1, 0.15) is 5.82 Å². The van der Waals surface area contributed by atoms with Gasteiger partial charge in [-0.25, -0.2) is 4.98 Å². The number of hydrogen-bond donors (Lipinski definition) is 1. The minimum absolute atomic E-state index is 0.0722. The van der Waals surface area contributed by atoms with Crippen LogP contribution in [-0.4, -0.2) is 15.5 Å². The number of amides is 1. The number of nitrogens with zero attached hydrogens (tertiary/aromatic N) is 2. The normalized spacial score (nSPS) is 12.8. The first-order valence-electron chi connectivity index (χ1n) is 8.80. The van der Waals surface area contributed by atoms with Crippen LogP contribution in [0.3, 0.4) is 0 Å². The van der Waals surface area contributed by atoms with E-state index in [1.54, 1.807) is 0 Å². The number of aryl methyl sites for hydroxylation is 3. The average molecular weight is 410 g/mol. The molecule has 1 aliphatic heterocycles. The average Bonchev–Trinajstić information content (AvgIpc) is 3.24. The van der Waals surface area contributed by atoms with E-state index >= 15 is 0 Å². The maximum Gasteiger partial charge on any atom is 0.251 e. The maximum atomic E-state index is 12.4. The number of carbonyl (C=O) groups is 1. The summed E-state index contributed by atoms with van der Waals surface area (Å²) >= 11 is 3.48. The van der Waals surface area contributed by atoms with Gasteiger partial charge in [-0.3, -0.25) is 4.79 Å². The lowest BCUT2D eigenvalue weighted by atomic mass is 10.1. The third kappa shape index (κ3) is 3.44. The molecule has 0 saturated carbocycles. The smallest absolute Gasteiger partial charge is 0.251 e. The molecule has 1 aromatic heterocycles. The lowest BCUT2D eigenvalue weighted by molar-refractivity contribution is 0.0951. The van der Waals surface area contributed by atoms with E-state index in [9.17, 15) is 4.79 Å². The van der Waals surface area contributed by atoms with Gasteiger partial charge in [0.15, 0.2) is 0 Å². The Hall–Kier alpha value is -2.40. The van der Waals surface area contributed by atoms with Gasteiger partial charge in [0.25, 0.3) is 5.91 Å². The van der Waals surface area contributed by atoms with Crippen LogP contribution in [0.25, 0.3) is 11.3 Å². The molecule has 0 fully saturated rings. The Balaban J connectivity index is 1.46. The Morgan fingerprint density at radius 3 is 2.96 bits per heavy atom. The second kappa shape index (κ2) is 7.08. The molecule has 1 aliphatic rings. The molecule has 1 N–H and O–H groups in total. The molecule has 4 rings (SSSR count). The van der Waals surface area contributed by atoms with Gasteiger partial charge in [-0.1, -0.05) is 40.2 Å². The summed E-state index contributed by atoms with van der Waals surface area (Å²) in [6.07, 6.45) is 4.37. The van der Waals surface area contributed by atoms with Gasteiger partial charge >= 0.3 is 0 Å². The molecule has 0 unspecified atom stereocenters. The number of nitrogens with one attached hydrogen (secondary N) is 1. The maximum absolute atomic E-state index is 12.4. The zero-order valence-electron chi connectivity index (χ0n) is 14.6. The van der Waals surface area contributed by atoms with Crippen molar-refractivity contribution in [3.8, 4) is 11.3 Å². The van der Waals surface area contributed by atoms with E-state index in [4.69, 9.17) is 4.98 Å². The SMILES string of the molecule is Cc1ccc(C(=O)NCc2cccc(-c3cn4c(n3)CCC4)c2)cc1Br. The molecule has 26 heavy (non-hydrogen) atoms. The molecule has 2 heterocycles. The first-order chi connectivity index (χ1) is 12.6. The van der Waals surface area contributed by atoms with Gasteiger partial charge < -0.3 is 9.88 Å². The summed E-state index contributed by atoms with van der Waals surface area (Å²) in [6.45, 7) is 3.55. The molecule has 0 radical (unpaired) electrons. The summed E-state index contributed by atoms with van der Waals surface area (Å²) in [6, 6.07) is 13.9. The lowest BCUT2D eigenvalue weighted by Crippen LogP contribution is -2.22. The van der Waals surface area contributed by atoms with Crippen molar-refractivity contribution in [3.63, 3.8) is 0 Å². The Bertz CT molecular complexity index is 956. The van der Waals surface area contributed by atoms with Gasteiger partial charge in [0.05, 0.1) is 5.69 Å². The number of rotatable bonds is 4. The summed E-state index contributed by atoms with van der Waals surface area (Å²) in [5, 5.41) is 2.99. The molecular formula is C21H20BrN3O. The summed E-state index contributed by atoms with van der Waals surface area (Å²) in [7, 11) is 0.